The minimum atomic E-state index is -0.411. The minimum Gasteiger partial charge on any atom is -0.292 e. The lowest BCUT2D eigenvalue weighted by atomic mass is 9.44. The van der Waals surface area contributed by atoms with Crippen LogP contribution in [0, 0.1) is 17.3 Å². The number of carbonyl (C=O) groups is 1. The van der Waals surface area contributed by atoms with Crippen LogP contribution in [0.3, 0.4) is 0 Å². The van der Waals surface area contributed by atoms with Crippen molar-refractivity contribution in [2.45, 2.75) is 45.6 Å². The molecule has 3 unspecified atom stereocenters. The first-order valence-corrected chi connectivity index (χ1v) is 7.38. The molecule has 1 aromatic carbocycles. The van der Waals surface area contributed by atoms with Crippen LogP contribution in [-0.2, 0) is 9.78 Å². The Hall–Kier alpha value is -1.35. The molecule has 3 heteroatoms. The van der Waals surface area contributed by atoms with Crippen molar-refractivity contribution in [2.75, 3.05) is 0 Å². The van der Waals surface area contributed by atoms with Gasteiger partial charge in [0, 0.05) is 0 Å². The number of fused-ring (bicyclic) bond motifs is 2. The Balaban J connectivity index is 1.65. The summed E-state index contributed by atoms with van der Waals surface area (Å²) in [6.45, 7) is 6.67. The van der Waals surface area contributed by atoms with E-state index in [1.807, 2.05) is 18.2 Å². The summed E-state index contributed by atoms with van der Waals surface area (Å²) in [4.78, 5) is 22.7. The molecule has 0 radical (unpaired) electrons. The second kappa shape index (κ2) is 4.59. The molecule has 0 aromatic heterocycles. The van der Waals surface area contributed by atoms with Crippen LogP contribution in [0.4, 0.5) is 0 Å². The summed E-state index contributed by atoms with van der Waals surface area (Å²) >= 11 is 0. The van der Waals surface area contributed by atoms with Gasteiger partial charge < -0.3 is 0 Å². The molecule has 20 heavy (non-hydrogen) atoms. The molecule has 0 N–H and O–H groups in total. The van der Waals surface area contributed by atoms with E-state index >= 15 is 0 Å². The van der Waals surface area contributed by atoms with Gasteiger partial charge in [0.05, 0.1) is 5.56 Å². The van der Waals surface area contributed by atoms with E-state index in [2.05, 4.69) is 20.8 Å². The zero-order valence-electron chi connectivity index (χ0n) is 12.4. The van der Waals surface area contributed by atoms with Gasteiger partial charge in [-0.15, -0.1) is 0 Å². The van der Waals surface area contributed by atoms with Crippen LogP contribution in [0.2, 0.25) is 0 Å². The summed E-state index contributed by atoms with van der Waals surface area (Å²) in [6.07, 6.45) is 3.31. The van der Waals surface area contributed by atoms with Crippen LogP contribution >= 0.6 is 0 Å². The van der Waals surface area contributed by atoms with Gasteiger partial charge >= 0.3 is 5.97 Å². The monoisotopic (exact) mass is 274 g/mol. The van der Waals surface area contributed by atoms with Crippen molar-refractivity contribution in [3.05, 3.63) is 35.9 Å². The number of hydrogen-bond donors (Lipinski definition) is 0. The highest BCUT2D eigenvalue weighted by Gasteiger charge is 2.61. The average Bonchev–Trinajstić information content (AvgIpc) is 2.45. The van der Waals surface area contributed by atoms with Crippen molar-refractivity contribution in [3.63, 3.8) is 0 Å². The van der Waals surface area contributed by atoms with Crippen LogP contribution in [0.25, 0.3) is 0 Å². The maximum absolute atomic E-state index is 12.0. The van der Waals surface area contributed by atoms with Crippen LogP contribution in [0.1, 0.15) is 50.4 Å². The maximum Gasteiger partial charge on any atom is 0.373 e. The number of hydrogen-bond acceptors (Lipinski definition) is 3. The highest BCUT2D eigenvalue weighted by molar-refractivity contribution is 5.88. The van der Waals surface area contributed by atoms with Gasteiger partial charge in [0.15, 0.2) is 0 Å². The lowest BCUT2D eigenvalue weighted by Gasteiger charge is -2.62. The largest absolute Gasteiger partial charge is 0.373 e. The predicted octanol–water partition coefficient (Wildman–Crippen LogP) is 3.99. The Kier molecular flexibility index (Phi) is 3.13. The first kappa shape index (κ1) is 13.6. The molecular formula is C17H22O3. The van der Waals surface area contributed by atoms with Crippen LogP contribution in [0.15, 0.2) is 30.3 Å². The van der Waals surface area contributed by atoms with E-state index in [0.717, 1.165) is 18.8 Å². The standard InChI is InChI=1S/C17H22O3/c1-16(2)13-9-10-17(3,14(16)11-13)20-19-15(18)12-7-5-4-6-8-12/h4-8,13-14H,9-11H2,1-3H3. The molecule has 0 saturated heterocycles. The van der Waals surface area contributed by atoms with Gasteiger partial charge in [-0.2, -0.15) is 4.89 Å². The van der Waals surface area contributed by atoms with Gasteiger partial charge in [-0.1, -0.05) is 32.0 Å². The Morgan fingerprint density at radius 1 is 1.20 bits per heavy atom. The Labute approximate surface area is 120 Å². The quantitative estimate of drug-likeness (QED) is 0.617. The van der Waals surface area contributed by atoms with Gasteiger partial charge in [0.25, 0.3) is 0 Å². The fourth-order valence-corrected chi connectivity index (χ4v) is 4.03. The predicted molar refractivity (Wildman–Crippen MR) is 76.0 cm³/mol. The lowest BCUT2D eigenvalue weighted by molar-refractivity contribution is -0.365. The third-order valence-electron chi connectivity index (χ3n) is 5.51. The normalized spacial score (nSPS) is 34.1. The van der Waals surface area contributed by atoms with Crippen molar-refractivity contribution in [2.24, 2.45) is 17.3 Å². The third kappa shape index (κ3) is 2.05. The van der Waals surface area contributed by atoms with E-state index in [1.165, 1.54) is 6.42 Å². The zero-order chi connectivity index (χ0) is 14.4. The molecule has 0 aliphatic heterocycles. The molecule has 0 spiro atoms. The fourth-order valence-electron chi connectivity index (χ4n) is 4.03. The van der Waals surface area contributed by atoms with Crippen molar-refractivity contribution in [3.8, 4) is 0 Å². The van der Waals surface area contributed by atoms with Crippen molar-refractivity contribution < 1.29 is 14.6 Å². The second-order valence-electron chi connectivity index (χ2n) is 6.98. The van der Waals surface area contributed by atoms with Gasteiger partial charge in [0.2, 0.25) is 0 Å². The molecule has 3 aliphatic carbocycles. The SMILES string of the molecule is CC1(OOC(=O)c2ccccc2)CCC2CC1C2(C)C. The van der Waals surface area contributed by atoms with Crippen molar-refractivity contribution in [1.29, 1.82) is 0 Å². The summed E-state index contributed by atoms with van der Waals surface area (Å²) in [5.41, 5.74) is 0.479. The number of rotatable bonds is 3. The molecular weight excluding hydrogens is 252 g/mol. The maximum atomic E-state index is 12.0. The number of carbonyl (C=O) groups excluding carboxylic acids is 1. The Morgan fingerprint density at radius 2 is 1.90 bits per heavy atom. The molecule has 0 amide bonds. The van der Waals surface area contributed by atoms with Gasteiger partial charge in [-0.3, -0.25) is 4.89 Å². The first-order chi connectivity index (χ1) is 9.43. The molecule has 3 nitrogen and oxygen atoms in total. The first-order valence-electron chi connectivity index (χ1n) is 7.38. The molecule has 3 atom stereocenters. The third-order valence-corrected chi connectivity index (χ3v) is 5.51. The fraction of sp³-hybridized carbons (Fsp3) is 0.588. The molecule has 0 heterocycles. The lowest BCUT2D eigenvalue weighted by Crippen LogP contribution is -2.61. The molecule has 3 fully saturated rings. The second-order valence-corrected chi connectivity index (χ2v) is 6.98. The Morgan fingerprint density at radius 3 is 2.50 bits per heavy atom. The summed E-state index contributed by atoms with van der Waals surface area (Å²) < 4.78 is 0. The molecule has 4 rings (SSSR count). The highest BCUT2D eigenvalue weighted by atomic mass is 17.2. The molecule has 3 aliphatic rings. The van der Waals surface area contributed by atoms with Crippen molar-refractivity contribution in [1.82, 2.24) is 0 Å². The zero-order valence-corrected chi connectivity index (χ0v) is 12.4. The van der Waals surface area contributed by atoms with E-state index in [4.69, 9.17) is 9.78 Å². The Bertz CT molecular complexity index is 506. The summed E-state index contributed by atoms with van der Waals surface area (Å²) in [5, 5.41) is 0. The minimum absolute atomic E-state index is 0.298. The molecule has 108 valence electrons. The molecule has 2 bridgehead atoms. The molecule has 3 saturated carbocycles. The highest BCUT2D eigenvalue weighted by Crippen LogP contribution is 2.63. The molecule has 1 aromatic rings. The van der Waals surface area contributed by atoms with Crippen molar-refractivity contribution >= 4 is 5.97 Å². The van der Waals surface area contributed by atoms with E-state index in [0.29, 0.717) is 16.9 Å². The average molecular weight is 274 g/mol. The van der Waals surface area contributed by atoms with Gasteiger partial charge in [0.1, 0.15) is 5.60 Å². The topological polar surface area (TPSA) is 35.5 Å². The van der Waals surface area contributed by atoms with Gasteiger partial charge in [-0.25, -0.2) is 4.79 Å². The summed E-state index contributed by atoms with van der Waals surface area (Å²) in [7, 11) is 0. The van der Waals surface area contributed by atoms with Gasteiger partial charge in [-0.05, 0) is 55.6 Å². The van der Waals surface area contributed by atoms with E-state index in [1.54, 1.807) is 12.1 Å². The summed E-state index contributed by atoms with van der Waals surface area (Å²) in [6, 6.07) is 8.98. The van der Waals surface area contributed by atoms with E-state index < -0.39 is 5.97 Å². The summed E-state index contributed by atoms with van der Waals surface area (Å²) in [5.74, 6) is 0.859. The van der Waals surface area contributed by atoms with E-state index in [9.17, 15) is 4.79 Å². The number of benzene rings is 1. The smallest absolute Gasteiger partial charge is 0.292 e. The van der Waals surface area contributed by atoms with Crippen LogP contribution < -0.4 is 0 Å². The van der Waals surface area contributed by atoms with Crippen LogP contribution in [0.5, 0.6) is 0 Å². The van der Waals surface area contributed by atoms with Crippen LogP contribution in [-0.4, -0.2) is 11.6 Å². The van der Waals surface area contributed by atoms with E-state index in [-0.39, 0.29) is 5.60 Å².